The van der Waals surface area contributed by atoms with E-state index in [-0.39, 0.29) is 22.7 Å². The molecule has 0 amide bonds. The van der Waals surface area contributed by atoms with Crippen LogP contribution in [0.1, 0.15) is 21.6 Å². The molecule has 1 aliphatic rings. The number of aryl methyl sites for hydroxylation is 2. The molecule has 0 atom stereocenters. The first kappa shape index (κ1) is 21.0. The van der Waals surface area contributed by atoms with E-state index in [0.717, 1.165) is 5.69 Å². The summed E-state index contributed by atoms with van der Waals surface area (Å²) in [6.45, 7) is 2.82. The smallest absolute Gasteiger partial charge is 0.341 e. The van der Waals surface area contributed by atoms with Crippen molar-refractivity contribution in [1.82, 2.24) is 24.3 Å². The highest BCUT2D eigenvalue weighted by Gasteiger charge is 2.34. The van der Waals surface area contributed by atoms with Crippen molar-refractivity contribution < 1.29 is 14.7 Å². The van der Waals surface area contributed by atoms with Crippen LogP contribution in [0.25, 0.3) is 16.2 Å². The van der Waals surface area contributed by atoms with Crippen LogP contribution in [0.3, 0.4) is 0 Å². The third-order valence-electron chi connectivity index (χ3n) is 5.94. The number of aromatic carboxylic acids is 1. The number of anilines is 1. The SMILES string of the molecule is Cc1cc(N2CC(C(=O)Cc3ccnn3C)C2)nc2c1c(=O)c(C(=O)O)cn2-c1nccs1. The van der Waals surface area contributed by atoms with Crippen molar-refractivity contribution in [3.05, 3.63) is 63.1 Å². The van der Waals surface area contributed by atoms with E-state index in [9.17, 15) is 19.5 Å². The number of hydrogen-bond acceptors (Lipinski definition) is 8. The molecule has 11 heteroatoms. The largest absolute Gasteiger partial charge is 0.477 e. The van der Waals surface area contributed by atoms with Gasteiger partial charge in [0, 0.05) is 56.2 Å². The van der Waals surface area contributed by atoms with Gasteiger partial charge in [0.05, 0.1) is 11.3 Å². The highest BCUT2D eigenvalue weighted by atomic mass is 32.1. The molecule has 1 N–H and O–H groups in total. The van der Waals surface area contributed by atoms with Crippen LogP contribution < -0.4 is 10.3 Å². The fraction of sp³-hybridized carbons (Fsp3) is 0.273. The van der Waals surface area contributed by atoms with Gasteiger partial charge in [0.25, 0.3) is 0 Å². The number of rotatable bonds is 6. The molecular formula is C22H20N6O4S. The van der Waals surface area contributed by atoms with Gasteiger partial charge in [0.2, 0.25) is 5.43 Å². The molecule has 0 saturated carbocycles. The molecular weight excluding hydrogens is 444 g/mol. The van der Waals surface area contributed by atoms with Crippen molar-refractivity contribution in [3.8, 4) is 5.13 Å². The summed E-state index contributed by atoms with van der Waals surface area (Å²) in [7, 11) is 1.81. The monoisotopic (exact) mass is 464 g/mol. The Morgan fingerprint density at radius 3 is 2.70 bits per heavy atom. The molecule has 0 unspecified atom stereocenters. The summed E-state index contributed by atoms with van der Waals surface area (Å²) >= 11 is 1.32. The zero-order valence-corrected chi connectivity index (χ0v) is 18.7. The molecule has 168 valence electrons. The van der Waals surface area contributed by atoms with E-state index < -0.39 is 11.4 Å². The third kappa shape index (κ3) is 3.59. The van der Waals surface area contributed by atoms with Crippen molar-refractivity contribution in [2.75, 3.05) is 18.0 Å². The lowest BCUT2D eigenvalue weighted by molar-refractivity contribution is -0.123. The van der Waals surface area contributed by atoms with Crippen molar-refractivity contribution in [3.63, 3.8) is 0 Å². The number of aromatic nitrogens is 5. The normalized spacial score (nSPS) is 13.9. The van der Waals surface area contributed by atoms with Gasteiger partial charge in [-0.3, -0.25) is 18.8 Å². The van der Waals surface area contributed by atoms with Crippen LogP contribution in [-0.4, -0.2) is 54.3 Å². The van der Waals surface area contributed by atoms with E-state index in [0.29, 0.717) is 41.7 Å². The van der Waals surface area contributed by atoms with Gasteiger partial charge in [-0.1, -0.05) is 0 Å². The van der Waals surface area contributed by atoms with Gasteiger partial charge in [0.15, 0.2) is 10.8 Å². The predicted molar refractivity (Wildman–Crippen MR) is 122 cm³/mol. The van der Waals surface area contributed by atoms with Gasteiger partial charge in [-0.25, -0.2) is 14.8 Å². The molecule has 4 aromatic heterocycles. The number of hydrogen-bond donors (Lipinski definition) is 1. The maximum Gasteiger partial charge on any atom is 0.341 e. The zero-order chi connectivity index (χ0) is 23.3. The maximum atomic E-state index is 12.9. The molecule has 1 saturated heterocycles. The first-order valence-electron chi connectivity index (χ1n) is 10.3. The summed E-state index contributed by atoms with van der Waals surface area (Å²) in [5.74, 6) is -0.614. The minimum atomic E-state index is -1.30. The van der Waals surface area contributed by atoms with Crippen LogP contribution in [0, 0.1) is 12.8 Å². The van der Waals surface area contributed by atoms with Crippen LogP contribution >= 0.6 is 11.3 Å². The lowest BCUT2D eigenvalue weighted by Gasteiger charge is -2.39. The number of nitrogens with zero attached hydrogens (tertiary/aromatic N) is 6. The average Bonchev–Trinajstić information content (AvgIpc) is 3.39. The van der Waals surface area contributed by atoms with Crippen LogP contribution in [0.5, 0.6) is 0 Å². The number of thiazole rings is 1. The summed E-state index contributed by atoms with van der Waals surface area (Å²) < 4.78 is 3.25. The van der Waals surface area contributed by atoms with Crippen LogP contribution in [0.4, 0.5) is 5.82 Å². The van der Waals surface area contributed by atoms with E-state index in [1.807, 2.05) is 18.0 Å². The first-order valence-corrected chi connectivity index (χ1v) is 11.2. The molecule has 0 aliphatic carbocycles. The highest BCUT2D eigenvalue weighted by molar-refractivity contribution is 7.12. The molecule has 5 rings (SSSR count). The Balaban J connectivity index is 1.48. The quantitative estimate of drug-likeness (QED) is 0.458. The summed E-state index contributed by atoms with van der Waals surface area (Å²) in [5.41, 5.74) is 0.937. The minimum absolute atomic E-state index is 0.103. The Morgan fingerprint density at radius 1 is 1.27 bits per heavy atom. The van der Waals surface area contributed by atoms with Gasteiger partial charge >= 0.3 is 5.97 Å². The molecule has 0 radical (unpaired) electrons. The first-order chi connectivity index (χ1) is 15.8. The van der Waals surface area contributed by atoms with Gasteiger partial charge in [-0.15, -0.1) is 11.3 Å². The molecule has 1 fully saturated rings. The summed E-state index contributed by atoms with van der Waals surface area (Å²) in [6, 6.07) is 3.61. The van der Waals surface area contributed by atoms with Crippen molar-refractivity contribution in [2.24, 2.45) is 13.0 Å². The molecule has 0 bridgehead atoms. The molecule has 5 heterocycles. The Labute approximate surface area is 191 Å². The van der Waals surface area contributed by atoms with Gasteiger partial charge in [-0.2, -0.15) is 5.10 Å². The highest BCUT2D eigenvalue weighted by Crippen LogP contribution is 2.29. The molecule has 4 aromatic rings. The Morgan fingerprint density at radius 2 is 2.06 bits per heavy atom. The Bertz CT molecular complexity index is 1450. The maximum absolute atomic E-state index is 12.9. The second-order valence-corrected chi connectivity index (χ2v) is 8.92. The number of carbonyl (C=O) groups excluding carboxylic acids is 1. The molecule has 33 heavy (non-hydrogen) atoms. The molecule has 1 aliphatic heterocycles. The average molecular weight is 465 g/mol. The Hall–Kier alpha value is -3.86. The topological polar surface area (TPSA) is 123 Å². The number of carboxylic acid groups (broad SMARTS) is 1. The number of Topliss-reactive ketones (excluding diaryl/α,β-unsaturated/α-hetero) is 1. The van der Waals surface area contributed by atoms with E-state index in [2.05, 4.69) is 10.1 Å². The van der Waals surface area contributed by atoms with Crippen LogP contribution in [0.15, 0.2) is 40.9 Å². The van der Waals surface area contributed by atoms with E-state index in [1.165, 1.54) is 17.5 Å². The number of ketones is 1. The Kier molecular flexibility index (Phi) is 5.05. The van der Waals surface area contributed by atoms with Gasteiger partial charge in [0.1, 0.15) is 17.2 Å². The molecule has 0 aromatic carbocycles. The second kappa shape index (κ2) is 7.93. The van der Waals surface area contributed by atoms with Crippen molar-refractivity contribution in [1.29, 1.82) is 0 Å². The lowest BCUT2D eigenvalue weighted by atomic mass is 9.92. The van der Waals surface area contributed by atoms with Crippen molar-refractivity contribution >= 4 is 39.9 Å². The summed E-state index contributed by atoms with van der Waals surface area (Å²) in [6.07, 6.45) is 4.89. The number of carboxylic acids is 1. The molecule has 0 spiro atoms. The van der Waals surface area contributed by atoms with E-state index >= 15 is 0 Å². The van der Waals surface area contributed by atoms with Crippen LogP contribution in [0.2, 0.25) is 0 Å². The van der Waals surface area contributed by atoms with E-state index in [1.54, 1.807) is 40.0 Å². The molecule has 10 nitrogen and oxygen atoms in total. The summed E-state index contributed by atoms with van der Waals surface area (Å²) in [5, 5.41) is 16.2. The summed E-state index contributed by atoms with van der Waals surface area (Å²) in [4.78, 5) is 48.2. The number of carbonyl (C=O) groups is 2. The number of fused-ring (bicyclic) bond motifs is 1. The fourth-order valence-corrected chi connectivity index (χ4v) is 4.66. The lowest BCUT2D eigenvalue weighted by Crippen LogP contribution is -2.51. The number of pyridine rings is 2. The minimum Gasteiger partial charge on any atom is -0.477 e. The standard InChI is InChI=1S/C22H20N6O4S/c1-12-7-17(27-9-13(10-27)16(29)8-14-3-4-24-26(14)2)25-20-18(12)19(30)15(21(31)32)11-28(20)22-23-5-6-33-22/h3-7,11,13H,8-10H2,1-2H3,(H,31,32). The second-order valence-electron chi connectivity index (χ2n) is 8.05. The predicted octanol–water partition coefficient (Wildman–Crippen LogP) is 1.83. The van der Waals surface area contributed by atoms with Crippen molar-refractivity contribution in [2.45, 2.75) is 13.3 Å². The fourth-order valence-electron chi connectivity index (χ4n) is 4.04. The van der Waals surface area contributed by atoms with Gasteiger partial charge < -0.3 is 10.0 Å². The third-order valence-corrected chi connectivity index (χ3v) is 6.71. The van der Waals surface area contributed by atoms with Gasteiger partial charge in [-0.05, 0) is 24.6 Å². The van der Waals surface area contributed by atoms with Crippen LogP contribution in [-0.2, 0) is 18.3 Å². The van der Waals surface area contributed by atoms with E-state index in [4.69, 9.17) is 4.98 Å². The zero-order valence-electron chi connectivity index (χ0n) is 17.9.